The van der Waals surface area contributed by atoms with Crippen LogP contribution in [0.4, 0.5) is 5.82 Å². The van der Waals surface area contributed by atoms with Gasteiger partial charge in [0.05, 0.1) is 12.5 Å². The Morgan fingerprint density at radius 1 is 1.38 bits per heavy atom. The van der Waals surface area contributed by atoms with Crippen LogP contribution in [0.2, 0.25) is 5.28 Å². The highest BCUT2D eigenvalue weighted by Crippen LogP contribution is 2.46. The molecule has 0 spiro atoms. The van der Waals surface area contributed by atoms with E-state index in [0.29, 0.717) is 24.3 Å². The van der Waals surface area contributed by atoms with Crippen LogP contribution in [0, 0.1) is 17.8 Å². The largest absolute Gasteiger partial charge is 0.466 e. The molecule has 0 unspecified atom stereocenters. The first-order valence-corrected chi connectivity index (χ1v) is 8.99. The molecule has 2 heterocycles. The first kappa shape index (κ1) is 15.7. The van der Waals surface area contributed by atoms with Crippen LogP contribution in [-0.2, 0) is 9.53 Å². The van der Waals surface area contributed by atoms with Gasteiger partial charge in [-0.05, 0) is 68.2 Å². The smallest absolute Gasteiger partial charge is 0.311 e. The van der Waals surface area contributed by atoms with Crippen molar-refractivity contribution in [3.05, 3.63) is 23.6 Å². The number of ether oxygens (including phenoxy) is 1. The zero-order chi connectivity index (χ0) is 16.7. The molecule has 3 aliphatic rings. The van der Waals surface area contributed by atoms with Crippen LogP contribution in [0.15, 0.2) is 18.3 Å². The van der Waals surface area contributed by atoms with Crippen molar-refractivity contribution in [1.29, 1.82) is 0 Å². The van der Waals surface area contributed by atoms with E-state index in [1.54, 1.807) is 4.52 Å². The molecule has 24 heavy (non-hydrogen) atoms. The van der Waals surface area contributed by atoms with Gasteiger partial charge in [0.2, 0.25) is 5.28 Å². The van der Waals surface area contributed by atoms with Gasteiger partial charge in [0.1, 0.15) is 5.52 Å². The molecule has 0 aliphatic heterocycles. The number of nitrogens with one attached hydrogen (secondary N) is 1. The van der Waals surface area contributed by atoms with Gasteiger partial charge in [0.15, 0.2) is 5.82 Å². The number of hydrogen-bond donors (Lipinski definition) is 1. The minimum atomic E-state index is -0.110. The monoisotopic (exact) mass is 348 g/mol. The third-order valence-electron chi connectivity index (χ3n) is 5.45. The predicted octanol–water partition coefficient (Wildman–Crippen LogP) is 3.16. The summed E-state index contributed by atoms with van der Waals surface area (Å²) in [6.07, 6.45) is 6.35. The molecule has 2 atom stereocenters. The van der Waals surface area contributed by atoms with Crippen LogP contribution in [0.5, 0.6) is 0 Å². The standard InChI is InChI=1S/C17H21ClN4O2/c1-2-24-16(23)13-10-5-7-11(8-6-10)14(13)19-15-12-4-3-9-22(12)21-17(18)20-15/h3-4,9-11,13-14H,2,5-8H2,1H3,(H,19,20,21)/t10?,11?,13-,14-/m0/s1. The number of anilines is 1. The Morgan fingerprint density at radius 3 is 2.88 bits per heavy atom. The molecule has 7 heteroatoms. The lowest BCUT2D eigenvalue weighted by molar-refractivity contribution is -0.154. The van der Waals surface area contributed by atoms with Crippen LogP contribution >= 0.6 is 11.6 Å². The lowest BCUT2D eigenvalue weighted by Crippen LogP contribution is -2.52. The van der Waals surface area contributed by atoms with Crippen molar-refractivity contribution in [2.24, 2.45) is 17.8 Å². The van der Waals surface area contributed by atoms with E-state index >= 15 is 0 Å². The van der Waals surface area contributed by atoms with Crippen molar-refractivity contribution in [2.75, 3.05) is 11.9 Å². The molecule has 0 saturated heterocycles. The van der Waals surface area contributed by atoms with E-state index in [1.807, 2.05) is 25.3 Å². The number of aromatic nitrogens is 3. The maximum atomic E-state index is 12.5. The van der Waals surface area contributed by atoms with Crippen molar-refractivity contribution in [3.8, 4) is 0 Å². The molecule has 0 aromatic carbocycles. The topological polar surface area (TPSA) is 68.5 Å². The minimum absolute atomic E-state index is 0.0428. The van der Waals surface area contributed by atoms with Crippen molar-refractivity contribution < 1.29 is 9.53 Å². The van der Waals surface area contributed by atoms with E-state index in [4.69, 9.17) is 16.3 Å². The third-order valence-corrected chi connectivity index (χ3v) is 5.61. The maximum absolute atomic E-state index is 12.5. The highest BCUT2D eigenvalue weighted by atomic mass is 35.5. The van der Waals surface area contributed by atoms with Gasteiger partial charge in [-0.25, -0.2) is 4.52 Å². The number of halogens is 1. The second-order valence-electron chi connectivity index (χ2n) is 6.69. The first-order valence-electron chi connectivity index (χ1n) is 8.61. The molecule has 3 saturated carbocycles. The SMILES string of the molecule is CCOC(=O)[C@H]1C2CCC(CC2)[C@@H]1Nc1nc(Cl)nn2cccc12. The van der Waals surface area contributed by atoms with Gasteiger partial charge in [-0.2, -0.15) is 4.98 Å². The third kappa shape index (κ3) is 2.62. The Kier molecular flexibility index (Phi) is 4.08. The summed E-state index contributed by atoms with van der Waals surface area (Å²) in [6, 6.07) is 3.89. The molecule has 6 nitrogen and oxygen atoms in total. The highest BCUT2D eigenvalue weighted by molar-refractivity contribution is 6.28. The molecule has 2 bridgehead atoms. The van der Waals surface area contributed by atoms with E-state index in [-0.39, 0.29) is 23.2 Å². The summed E-state index contributed by atoms with van der Waals surface area (Å²) in [5.41, 5.74) is 0.864. The quantitative estimate of drug-likeness (QED) is 0.859. The molecule has 0 radical (unpaired) electrons. The van der Waals surface area contributed by atoms with E-state index in [2.05, 4.69) is 15.4 Å². The average Bonchev–Trinajstić information content (AvgIpc) is 3.04. The van der Waals surface area contributed by atoms with Gasteiger partial charge < -0.3 is 10.1 Å². The fourth-order valence-electron chi connectivity index (χ4n) is 4.41. The zero-order valence-corrected chi connectivity index (χ0v) is 14.4. The lowest BCUT2D eigenvalue weighted by atomic mass is 9.61. The Labute approximate surface area is 145 Å². The first-order chi connectivity index (χ1) is 11.7. The van der Waals surface area contributed by atoms with Gasteiger partial charge in [-0.1, -0.05) is 0 Å². The van der Waals surface area contributed by atoms with Gasteiger partial charge >= 0.3 is 5.97 Å². The summed E-state index contributed by atoms with van der Waals surface area (Å²) in [7, 11) is 0. The Hall–Kier alpha value is -1.82. The van der Waals surface area contributed by atoms with Gasteiger partial charge in [0.25, 0.3) is 0 Å². The number of esters is 1. The summed E-state index contributed by atoms with van der Waals surface area (Å²) >= 11 is 6.05. The second kappa shape index (κ2) is 6.24. The molecule has 5 rings (SSSR count). The van der Waals surface area contributed by atoms with Crippen LogP contribution in [-0.4, -0.2) is 33.2 Å². The second-order valence-corrected chi connectivity index (χ2v) is 7.03. The molecule has 3 fully saturated rings. The van der Waals surface area contributed by atoms with Crippen LogP contribution in [0.1, 0.15) is 32.6 Å². The number of hydrogen-bond acceptors (Lipinski definition) is 5. The molecule has 128 valence electrons. The van der Waals surface area contributed by atoms with Gasteiger partial charge in [-0.3, -0.25) is 4.79 Å². The maximum Gasteiger partial charge on any atom is 0.311 e. The highest BCUT2D eigenvalue weighted by Gasteiger charge is 2.48. The van der Waals surface area contributed by atoms with E-state index < -0.39 is 0 Å². The molecule has 1 N–H and O–H groups in total. The van der Waals surface area contributed by atoms with Crippen LogP contribution < -0.4 is 5.32 Å². The fourth-order valence-corrected chi connectivity index (χ4v) is 4.57. The number of fused-ring (bicyclic) bond motifs is 4. The molecular formula is C17H21ClN4O2. The summed E-state index contributed by atoms with van der Waals surface area (Å²) < 4.78 is 7.06. The number of rotatable bonds is 4. The summed E-state index contributed by atoms with van der Waals surface area (Å²) in [5.74, 6) is 1.35. The lowest BCUT2D eigenvalue weighted by Gasteiger charge is -2.47. The number of carbonyl (C=O) groups excluding carboxylic acids is 1. The van der Waals surface area contributed by atoms with Crippen LogP contribution in [0.25, 0.3) is 5.52 Å². The zero-order valence-electron chi connectivity index (χ0n) is 13.6. The summed E-state index contributed by atoms with van der Waals surface area (Å²) in [5, 5.41) is 7.86. The predicted molar refractivity (Wildman–Crippen MR) is 91.0 cm³/mol. The van der Waals surface area contributed by atoms with Crippen molar-refractivity contribution in [3.63, 3.8) is 0 Å². The Balaban J connectivity index is 1.67. The van der Waals surface area contributed by atoms with Gasteiger partial charge in [0, 0.05) is 12.2 Å². The molecule has 0 amide bonds. The van der Waals surface area contributed by atoms with Crippen molar-refractivity contribution >= 4 is 28.9 Å². The number of nitrogens with zero attached hydrogens (tertiary/aromatic N) is 3. The Morgan fingerprint density at radius 2 is 2.12 bits per heavy atom. The molecule has 3 aliphatic carbocycles. The van der Waals surface area contributed by atoms with Crippen molar-refractivity contribution in [2.45, 2.75) is 38.6 Å². The minimum Gasteiger partial charge on any atom is -0.466 e. The van der Waals surface area contributed by atoms with Crippen molar-refractivity contribution in [1.82, 2.24) is 14.6 Å². The number of carbonyl (C=O) groups is 1. The molecule has 2 aromatic rings. The normalized spacial score (nSPS) is 28.9. The van der Waals surface area contributed by atoms with E-state index in [9.17, 15) is 4.79 Å². The molecular weight excluding hydrogens is 328 g/mol. The summed E-state index contributed by atoms with van der Waals surface area (Å²) in [6.45, 7) is 2.28. The Bertz CT molecular complexity index is 754. The fraction of sp³-hybridized carbons (Fsp3) is 0.588. The van der Waals surface area contributed by atoms with E-state index in [1.165, 1.54) is 0 Å². The van der Waals surface area contributed by atoms with E-state index in [0.717, 1.165) is 31.2 Å². The van der Waals surface area contributed by atoms with Gasteiger partial charge in [-0.15, -0.1) is 5.10 Å². The summed E-state index contributed by atoms with van der Waals surface area (Å²) in [4.78, 5) is 16.9. The van der Waals surface area contributed by atoms with Crippen LogP contribution in [0.3, 0.4) is 0 Å². The molecule has 2 aromatic heterocycles. The average molecular weight is 349 g/mol.